The number of rotatable bonds is 16. The summed E-state index contributed by atoms with van der Waals surface area (Å²) in [6.07, 6.45) is 1.57. The SMILES string of the molecule is C.CNC(=O)CCNC(=O)Cc1ccc(N(C)C(=O)CC(=O)N(C)CCOCCCN(C)C=O)cc1. The Morgan fingerprint density at radius 2 is 1.61 bits per heavy atom. The Morgan fingerprint density at radius 1 is 0.944 bits per heavy atom. The Kier molecular flexibility index (Phi) is 16.2. The van der Waals surface area contributed by atoms with Gasteiger partial charge in [-0.25, -0.2) is 0 Å². The lowest BCUT2D eigenvalue weighted by Gasteiger charge is -2.21. The number of carbonyl (C=O) groups excluding carboxylic acids is 5. The molecule has 0 aliphatic carbocycles. The fourth-order valence-corrected chi connectivity index (χ4v) is 2.95. The van der Waals surface area contributed by atoms with Gasteiger partial charge in [0.1, 0.15) is 6.42 Å². The summed E-state index contributed by atoms with van der Waals surface area (Å²) in [5.74, 6) is -0.997. The first kappa shape index (κ1) is 32.5. The van der Waals surface area contributed by atoms with Gasteiger partial charge in [-0.15, -0.1) is 0 Å². The molecule has 0 radical (unpaired) electrons. The van der Waals surface area contributed by atoms with Crippen LogP contribution >= 0.6 is 0 Å². The summed E-state index contributed by atoms with van der Waals surface area (Å²) >= 11 is 0. The molecule has 1 aromatic carbocycles. The number of likely N-dealkylation sites (N-methyl/N-ethyl adjacent to an activating group) is 1. The van der Waals surface area contributed by atoms with Gasteiger partial charge in [-0.05, 0) is 24.1 Å². The summed E-state index contributed by atoms with van der Waals surface area (Å²) in [4.78, 5) is 63.0. The molecule has 2 N–H and O–H groups in total. The Morgan fingerprint density at radius 3 is 2.22 bits per heavy atom. The first-order chi connectivity index (χ1) is 16.7. The van der Waals surface area contributed by atoms with Gasteiger partial charge in [-0.3, -0.25) is 24.0 Å². The molecule has 0 fully saturated rings. The van der Waals surface area contributed by atoms with Crippen LogP contribution in [0, 0.1) is 0 Å². The van der Waals surface area contributed by atoms with E-state index in [0.717, 1.165) is 12.0 Å². The zero-order chi connectivity index (χ0) is 26.2. The topological polar surface area (TPSA) is 128 Å². The number of carbonyl (C=O) groups is 5. The van der Waals surface area contributed by atoms with Crippen molar-refractivity contribution in [2.24, 2.45) is 0 Å². The minimum absolute atomic E-state index is 0. The number of nitrogens with zero attached hydrogens (tertiary/aromatic N) is 3. The van der Waals surface area contributed by atoms with Crippen LogP contribution in [0.5, 0.6) is 0 Å². The Hall–Kier alpha value is -3.47. The van der Waals surface area contributed by atoms with E-state index >= 15 is 0 Å². The molecule has 0 saturated heterocycles. The minimum Gasteiger partial charge on any atom is -0.380 e. The van der Waals surface area contributed by atoms with E-state index in [2.05, 4.69) is 10.6 Å². The van der Waals surface area contributed by atoms with Crippen LogP contribution < -0.4 is 15.5 Å². The molecule has 0 bridgehead atoms. The molecular weight excluding hydrogens is 466 g/mol. The molecule has 0 heterocycles. The molecule has 0 atom stereocenters. The van der Waals surface area contributed by atoms with Gasteiger partial charge in [0.25, 0.3) is 0 Å². The molecule has 1 aromatic rings. The predicted octanol–water partition coefficient (Wildman–Crippen LogP) is 0.424. The molecule has 0 aliphatic heterocycles. The highest BCUT2D eigenvalue weighted by Gasteiger charge is 2.18. The highest BCUT2D eigenvalue weighted by atomic mass is 16.5. The normalized spacial score (nSPS) is 10.0. The molecule has 36 heavy (non-hydrogen) atoms. The number of hydrogen-bond donors (Lipinski definition) is 2. The first-order valence-electron chi connectivity index (χ1n) is 11.5. The molecule has 0 aromatic heterocycles. The van der Waals surface area contributed by atoms with Gasteiger partial charge < -0.3 is 30.1 Å². The third-order valence-corrected chi connectivity index (χ3v) is 5.29. The molecule has 0 unspecified atom stereocenters. The Labute approximate surface area is 214 Å². The maximum Gasteiger partial charge on any atom is 0.236 e. The van der Waals surface area contributed by atoms with Gasteiger partial charge in [0.2, 0.25) is 30.0 Å². The molecule has 11 heteroatoms. The van der Waals surface area contributed by atoms with E-state index < -0.39 is 0 Å². The highest BCUT2D eigenvalue weighted by Crippen LogP contribution is 2.15. The molecule has 5 amide bonds. The van der Waals surface area contributed by atoms with Crippen molar-refractivity contribution < 1.29 is 28.7 Å². The second kappa shape index (κ2) is 17.9. The zero-order valence-corrected chi connectivity index (χ0v) is 21.0. The number of benzene rings is 1. The average Bonchev–Trinajstić information content (AvgIpc) is 2.85. The second-order valence-corrected chi connectivity index (χ2v) is 8.11. The van der Waals surface area contributed by atoms with E-state index in [9.17, 15) is 24.0 Å². The molecule has 0 aliphatic rings. The third kappa shape index (κ3) is 12.8. The summed E-state index contributed by atoms with van der Waals surface area (Å²) in [5, 5.41) is 5.18. The van der Waals surface area contributed by atoms with Crippen LogP contribution in [0.4, 0.5) is 5.69 Å². The number of hydrogen-bond acceptors (Lipinski definition) is 6. The summed E-state index contributed by atoms with van der Waals surface area (Å²) in [6.45, 7) is 2.06. The van der Waals surface area contributed by atoms with Crippen LogP contribution in [0.3, 0.4) is 0 Å². The molecule has 1 rings (SSSR count). The summed E-state index contributed by atoms with van der Waals surface area (Å²) in [5.41, 5.74) is 1.37. The van der Waals surface area contributed by atoms with Crippen molar-refractivity contribution >= 4 is 35.7 Å². The van der Waals surface area contributed by atoms with Crippen molar-refractivity contribution in [1.82, 2.24) is 20.4 Å². The average molecular weight is 508 g/mol. The molecule has 0 spiro atoms. The van der Waals surface area contributed by atoms with Gasteiger partial charge in [0.05, 0.1) is 13.0 Å². The summed E-state index contributed by atoms with van der Waals surface area (Å²) < 4.78 is 5.47. The smallest absolute Gasteiger partial charge is 0.236 e. The van der Waals surface area contributed by atoms with Crippen LogP contribution in [-0.2, 0) is 35.1 Å². The Bertz CT molecular complexity index is 846. The summed E-state index contributed by atoms with van der Waals surface area (Å²) in [6, 6.07) is 6.93. The minimum atomic E-state index is -0.348. The number of nitrogens with one attached hydrogen (secondary N) is 2. The lowest BCUT2D eigenvalue weighted by molar-refractivity contribution is -0.135. The van der Waals surface area contributed by atoms with E-state index in [1.165, 1.54) is 14.7 Å². The van der Waals surface area contributed by atoms with E-state index in [0.29, 0.717) is 38.4 Å². The van der Waals surface area contributed by atoms with Crippen molar-refractivity contribution in [3.05, 3.63) is 29.8 Å². The lowest BCUT2D eigenvalue weighted by Crippen LogP contribution is -2.36. The van der Waals surface area contributed by atoms with Crippen molar-refractivity contribution in [1.29, 1.82) is 0 Å². The zero-order valence-electron chi connectivity index (χ0n) is 21.0. The summed E-state index contributed by atoms with van der Waals surface area (Å²) in [7, 11) is 6.45. The van der Waals surface area contributed by atoms with Gasteiger partial charge in [0, 0.05) is 66.5 Å². The van der Waals surface area contributed by atoms with Gasteiger partial charge in [-0.1, -0.05) is 19.6 Å². The van der Waals surface area contributed by atoms with Crippen molar-refractivity contribution in [2.45, 2.75) is 33.1 Å². The van der Waals surface area contributed by atoms with Crippen molar-refractivity contribution in [3.8, 4) is 0 Å². The molecule has 11 nitrogen and oxygen atoms in total. The van der Waals surface area contributed by atoms with Crippen LogP contribution in [0.2, 0.25) is 0 Å². The van der Waals surface area contributed by atoms with Gasteiger partial charge >= 0.3 is 0 Å². The predicted molar refractivity (Wildman–Crippen MR) is 138 cm³/mol. The van der Waals surface area contributed by atoms with E-state index in [1.54, 1.807) is 52.5 Å². The number of ether oxygens (including phenoxy) is 1. The highest BCUT2D eigenvalue weighted by molar-refractivity contribution is 6.04. The van der Waals surface area contributed by atoms with Crippen LogP contribution in [-0.4, -0.2) is 101 Å². The quantitative estimate of drug-likeness (QED) is 0.190. The van der Waals surface area contributed by atoms with Gasteiger partial charge in [0.15, 0.2) is 0 Å². The largest absolute Gasteiger partial charge is 0.380 e. The van der Waals surface area contributed by atoms with Crippen LogP contribution in [0.15, 0.2) is 24.3 Å². The lowest BCUT2D eigenvalue weighted by atomic mass is 10.1. The Balaban J connectivity index is 0.0000122. The van der Waals surface area contributed by atoms with E-state index in [-0.39, 0.29) is 56.9 Å². The standard InChI is InChI=1S/C24H37N5O6.CH4/c1-25-21(31)10-11-26-22(32)16-19-6-8-20(9-7-19)29(4)24(34)17-23(33)28(3)13-15-35-14-5-12-27(2)18-30;/h6-9,18H,5,10-17H2,1-4H3,(H,25,31)(H,26,32);1H4. The molecular formula is C25H41N5O6. The fourth-order valence-electron chi connectivity index (χ4n) is 2.95. The fraction of sp³-hybridized carbons (Fsp3) is 0.560. The maximum absolute atomic E-state index is 12.5. The van der Waals surface area contributed by atoms with Crippen molar-refractivity contribution in [2.75, 3.05) is 65.9 Å². The first-order valence-corrected chi connectivity index (χ1v) is 11.5. The van der Waals surface area contributed by atoms with Gasteiger partial charge in [-0.2, -0.15) is 0 Å². The van der Waals surface area contributed by atoms with E-state index in [1.807, 2.05) is 0 Å². The van der Waals surface area contributed by atoms with Crippen LogP contribution in [0.25, 0.3) is 0 Å². The number of amides is 5. The van der Waals surface area contributed by atoms with E-state index in [4.69, 9.17) is 4.74 Å². The number of anilines is 1. The molecule has 202 valence electrons. The monoisotopic (exact) mass is 507 g/mol. The second-order valence-electron chi connectivity index (χ2n) is 8.11. The van der Waals surface area contributed by atoms with Crippen molar-refractivity contribution in [3.63, 3.8) is 0 Å². The maximum atomic E-state index is 12.5. The molecule has 0 saturated carbocycles. The third-order valence-electron chi connectivity index (χ3n) is 5.29. The van der Waals surface area contributed by atoms with Crippen LogP contribution in [0.1, 0.15) is 32.3 Å².